The molecule has 2 N–H and O–H groups in total. The number of para-hydroxylation sites is 1. The first-order valence-corrected chi connectivity index (χ1v) is 13.9. The minimum atomic E-state index is -4.90. The van der Waals surface area contributed by atoms with Crippen LogP contribution in [-0.2, 0) is 22.6 Å². The number of likely N-dealkylation sites (tertiary alicyclic amines) is 1. The highest BCUT2D eigenvalue weighted by Crippen LogP contribution is 2.31. The molecule has 4 rings (SSSR count). The van der Waals surface area contributed by atoms with E-state index in [2.05, 4.69) is 20.5 Å². The van der Waals surface area contributed by atoms with E-state index in [1.54, 1.807) is 44.7 Å². The molecule has 0 aliphatic carbocycles. The van der Waals surface area contributed by atoms with Gasteiger partial charge in [0.1, 0.15) is 23.3 Å². The summed E-state index contributed by atoms with van der Waals surface area (Å²) < 4.78 is 61.3. The quantitative estimate of drug-likeness (QED) is 0.305. The summed E-state index contributed by atoms with van der Waals surface area (Å²) in [4.78, 5) is 27.1. The van der Waals surface area contributed by atoms with Gasteiger partial charge in [-0.15, -0.1) is 18.3 Å². The van der Waals surface area contributed by atoms with Crippen LogP contribution >= 0.6 is 0 Å². The van der Waals surface area contributed by atoms with Crippen LogP contribution < -0.4 is 20.1 Å². The fourth-order valence-corrected chi connectivity index (χ4v) is 4.54. The zero-order valence-electron chi connectivity index (χ0n) is 25.2. The number of carbonyl (C=O) groups excluding carboxylic acids is 2. The third-order valence-corrected chi connectivity index (χ3v) is 6.49. The SMILES string of the molecule is COCc1ccc(OC(F)(F)F)c(CNC(=O)Nc2c(C)c(O[C@H]3CCN(C(=O)OC(C)(C)C)C3)nn2-c2ccccc2)c1. The largest absolute Gasteiger partial charge is 0.573 e. The van der Waals surface area contributed by atoms with Crippen molar-refractivity contribution in [3.05, 3.63) is 65.2 Å². The molecule has 1 atom stereocenters. The molecule has 0 spiro atoms. The molecule has 2 heterocycles. The Bertz CT molecular complexity index is 1460. The molecule has 3 amide bonds. The number of hydrogen-bond acceptors (Lipinski definition) is 7. The van der Waals surface area contributed by atoms with E-state index in [0.717, 1.165) is 0 Å². The van der Waals surface area contributed by atoms with Crippen molar-refractivity contribution in [2.75, 3.05) is 25.5 Å². The van der Waals surface area contributed by atoms with Crippen LogP contribution in [0.2, 0.25) is 0 Å². The van der Waals surface area contributed by atoms with Crippen molar-refractivity contribution in [3.8, 4) is 17.3 Å². The van der Waals surface area contributed by atoms with Gasteiger partial charge < -0.3 is 29.2 Å². The van der Waals surface area contributed by atoms with E-state index in [1.807, 2.05) is 18.2 Å². The summed E-state index contributed by atoms with van der Waals surface area (Å²) >= 11 is 0. The van der Waals surface area contributed by atoms with Gasteiger partial charge in [-0.05, 0) is 57.5 Å². The van der Waals surface area contributed by atoms with Crippen molar-refractivity contribution in [2.24, 2.45) is 0 Å². The second kappa shape index (κ2) is 13.5. The molecule has 0 unspecified atom stereocenters. The lowest BCUT2D eigenvalue weighted by Crippen LogP contribution is -2.36. The normalized spacial score (nSPS) is 15.2. The number of rotatable bonds is 9. The highest BCUT2D eigenvalue weighted by Gasteiger charge is 2.33. The van der Waals surface area contributed by atoms with Crippen molar-refractivity contribution in [1.82, 2.24) is 20.0 Å². The van der Waals surface area contributed by atoms with Gasteiger partial charge in [-0.2, -0.15) is 0 Å². The van der Waals surface area contributed by atoms with E-state index in [-0.39, 0.29) is 30.7 Å². The summed E-state index contributed by atoms with van der Waals surface area (Å²) in [6, 6.07) is 12.4. The van der Waals surface area contributed by atoms with Crippen molar-refractivity contribution >= 4 is 17.9 Å². The standard InChI is InChI=1S/C30H36F3N5O6/c1-19-25(35-27(39)34-16-21-15-20(18-41-5)11-12-24(21)43-30(31,32)33)38(22-9-7-6-8-10-22)36-26(19)42-23-13-14-37(17-23)28(40)44-29(2,3)4/h6-12,15,23H,13-14,16-18H2,1-5H3,(H2,34,35,39)/t23-/m0/s1. The first kappa shape index (κ1) is 32.5. The molecule has 238 valence electrons. The number of benzene rings is 2. The summed E-state index contributed by atoms with van der Waals surface area (Å²) in [5, 5.41) is 9.93. The minimum Gasteiger partial charge on any atom is -0.471 e. The van der Waals surface area contributed by atoms with E-state index in [1.165, 1.54) is 30.0 Å². The molecule has 1 aromatic heterocycles. The Hall–Kier alpha value is -4.46. The number of amides is 3. The second-order valence-corrected chi connectivity index (χ2v) is 11.2. The summed E-state index contributed by atoms with van der Waals surface area (Å²) in [5.74, 6) is 0.120. The Labute approximate surface area is 253 Å². The summed E-state index contributed by atoms with van der Waals surface area (Å²) in [5.41, 5.74) is 1.25. The molecule has 2 aromatic carbocycles. The number of hydrogen-bond donors (Lipinski definition) is 2. The van der Waals surface area contributed by atoms with Gasteiger partial charge in [-0.3, -0.25) is 5.32 Å². The summed E-state index contributed by atoms with van der Waals surface area (Å²) in [6.07, 6.45) is -5.12. The maximum absolute atomic E-state index is 13.1. The number of nitrogens with zero attached hydrogens (tertiary/aromatic N) is 3. The fourth-order valence-electron chi connectivity index (χ4n) is 4.54. The number of halogens is 3. The Balaban J connectivity index is 1.51. The van der Waals surface area contributed by atoms with E-state index in [9.17, 15) is 22.8 Å². The van der Waals surface area contributed by atoms with Crippen LogP contribution in [0.15, 0.2) is 48.5 Å². The number of anilines is 1. The van der Waals surface area contributed by atoms with Gasteiger partial charge in [0.15, 0.2) is 0 Å². The minimum absolute atomic E-state index is 0.111. The molecule has 1 aliphatic heterocycles. The number of carbonyl (C=O) groups is 2. The maximum atomic E-state index is 13.1. The molecule has 44 heavy (non-hydrogen) atoms. The van der Waals surface area contributed by atoms with Crippen LogP contribution in [0.1, 0.15) is 43.9 Å². The van der Waals surface area contributed by atoms with Crippen molar-refractivity contribution < 1.29 is 41.7 Å². The Morgan fingerprint density at radius 1 is 1.09 bits per heavy atom. The zero-order chi connectivity index (χ0) is 32.1. The molecule has 3 aromatic rings. The van der Waals surface area contributed by atoms with Crippen LogP contribution in [0.4, 0.5) is 28.6 Å². The number of aromatic nitrogens is 2. The van der Waals surface area contributed by atoms with Gasteiger partial charge in [0.25, 0.3) is 0 Å². The van der Waals surface area contributed by atoms with Gasteiger partial charge in [-0.1, -0.05) is 24.3 Å². The van der Waals surface area contributed by atoms with E-state index < -0.39 is 29.8 Å². The number of urea groups is 1. The molecular weight excluding hydrogens is 583 g/mol. The van der Waals surface area contributed by atoms with Gasteiger partial charge >= 0.3 is 18.5 Å². The van der Waals surface area contributed by atoms with Gasteiger partial charge in [0.05, 0.1) is 24.4 Å². The van der Waals surface area contributed by atoms with Crippen LogP contribution in [-0.4, -0.2) is 65.1 Å². The zero-order valence-corrected chi connectivity index (χ0v) is 25.2. The number of methoxy groups -OCH3 is 1. The third kappa shape index (κ3) is 8.78. The summed E-state index contributed by atoms with van der Waals surface area (Å²) in [7, 11) is 1.46. The van der Waals surface area contributed by atoms with Crippen molar-refractivity contribution in [3.63, 3.8) is 0 Å². The number of nitrogens with one attached hydrogen (secondary N) is 2. The molecule has 1 aliphatic rings. The van der Waals surface area contributed by atoms with E-state index in [4.69, 9.17) is 14.2 Å². The lowest BCUT2D eigenvalue weighted by Gasteiger charge is -2.24. The van der Waals surface area contributed by atoms with Crippen LogP contribution in [0.5, 0.6) is 11.6 Å². The smallest absolute Gasteiger partial charge is 0.471 e. The average molecular weight is 620 g/mol. The highest BCUT2D eigenvalue weighted by atomic mass is 19.4. The van der Waals surface area contributed by atoms with Crippen LogP contribution in [0, 0.1) is 6.92 Å². The molecule has 0 saturated carbocycles. The molecule has 14 heteroatoms. The van der Waals surface area contributed by atoms with Crippen molar-refractivity contribution in [2.45, 2.75) is 65.3 Å². The first-order chi connectivity index (χ1) is 20.7. The van der Waals surface area contributed by atoms with E-state index in [0.29, 0.717) is 42.1 Å². The Morgan fingerprint density at radius 3 is 2.48 bits per heavy atom. The number of alkyl halides is 3. The lowest BCUT2D eigenvalue weighted by atomic mass is 10.1. The van der Waals surface area contributed by atoms with E-state index >= 15 is 0 Å². The van der Waals surface area contributed by atoms with Gasteiger partial charge in [0, 0.05) is 32.2 Å². The first-order valence-electron chi connectivity index (χ1n) is 13.9. The summed E-state index contributed by atoms with van der Waals surface area (Å²) in [6.45, 7) is 7.78. The second-order valence-electron chi connectivity index (χ2n) is 11.2. The third-order valence-electron chi connectivity index (χ3n) is 6.49. The maximum Gasteiger partial charge on any atom is 0.573 e. The molecule has 0 radical (unpaired) electrons. The fraction of sp³-hybridized carbons (Fsp3) is 0.433. The van der Waals surface area contributed by atoms with Gasteiger partial charge in [0.2, 0.25) is 5.88 Å². The molecule has 11 nitrogen and oxygen atoms in total. The lowest BCUT2D eigenvalue weighted by molar-refractivity contribution is -0.274. The van der Waals surface area contributed by atoms with Crippen LogP contribution in [0.25, 0.3) is 5.69 Å². The molecule has 0 bridgehead atoms. The Morgan fingerprint density at radius 2 is 1.82 bits per heavy atom. The highest BCUT2D eigenvalue weighted by molar-refractivity contribution is 5.89. The van der Waals surface area contributed by atoms with Crippen molar-refractivity contribution in [1.29, 1.82) is 0 Å². The monoisotopic (exact) mass is 619 g/mol. The Kier molecular flexibility index (Phi) is 9.92. The molecule has 1 saturated heterocycles. The molecular formula is C30H36F3N5O6. The number of ether oxygens (including phenoxy) is 4. The average Bonchev–Trinajstić information content (AvgIpc) is 3.53. The van der Waals surface area contributed by atoms with Gasteiger partial charge in [-0.25, -0.2) is 14.3 Å². The van der Waals surface area contributed by atoms with Crippen LogP contribution in [0.3, 0.4) is 0 Å². The topological polar surface area (TPSA) is 116 Å². The predicted octanol–water partition coefficient (Wildman–Crippen LogP) is 5.94. The predicted molar refractivity (Wildman–Crippen MR) is 155 cm³/mol. The molecule has 1 fully saturated rings.